The quantitative estimate of drug-likeness (QED) is 0.613. The number of cyclic esters (lactones) is 1. The predicted molar refractivity (Wildman–Crippen MR) is 86.7 cm³/mol. The summed E-state index contributed by atoms with van der Waals surface area (Å²) in [6.07, 6.45) is 1.50. The van der Waals surface area contributed by atoms with E-state index in [0.29, 0.717) is 11.3 Å². The molecule has 0 amide bonds. The van der Waals surface area contributed by atoms with Gasteiger partial charge in [-0.25, -0.2) is 9.79 Å². The smallest absolute Gasteiger partial charge is 0.387 e. The lowest BCUT2D eigenvalue weighted by molar-refractivity contribution is -0.129. The fourth-order valence-electron chi connectivity index (χ4n) is 2.30. The molecule has 7 heteroatoms. The van der Waals surface area contributed by atoms with E-state index in [-0.39, 0.29) is 22.9 Å². The molecule has 2 aromatic rings. The van der Waals surface area contributed by atoms with Crippen molar-refractivity contribution in [3.05, 3.63) is 65.4 Å². The van der Waals surface area contributed by atoms with Crippen molar-refractivity contribution >= 4 is 17.9 Å². The fourth-order valence-corrected chi connectivity index (χ4v) is 2.30. The van der Waals surface area contributed by atoms with Crippen LogP contribution in [0.25, 0.3) is 6.08 Å². The highest BCUT2D eigenvalue weighted by Gasteiger charge is 2.27. The second-order valence-electron chi connectivity index (χ2n) is 4.95. The SMILES string of the molecule is COc1ccccc1C=C1N=C(c2ccccc2OC(F)F)OC1=O. The van der Waals surface area contributed by atoms with Gasteiger partial charge in [0.25, 0.3) is 0 Å². The first-order valence-corrected chi connectivity index (χ1v) is 7.28. The van der Waals surface area contributed by atoms with Gasteiger partial charge in [-0.05, 0) is 24.3 Å². The third kappa shape index (κ3) is 3.65. The molecule has 0 fully saturated rings. The summed E-state index contributed by atoms with van der Waals surface area (Å²) in [5, 5.41) is 0. The monoisotopic (exact) mass is 345 g/mol. The van der Waals surface area contributed by atoms with Crippen molar-refractivity contribution in [3.63, 3.8) is 0 Å². The van der Waals surface area contributed by atoms with Gasteiger partial charge in [0, 0.05) is 5.56 Å². The Labute approximate surface area is 142 Å². The molecule has 0 bridgehead atoms. The number of carbonyl (C=O) groups is 1. The third-order valence-corrected chi connectivity index (χ3v) is 3.39. The molecular formula is C18H13F2NO4. The molecule has 0 radical (unpaired) electrons. The van der Waals surface area contributed by atoms with Crippen molar-refractivity contribution in [3.8, 4) is 11.5 Å². The van der Waals surface area contributed by atoms with Crippen molar-refractivity contribution in [2.75, 3.05) is 7.11 Å². The maximum Gasteiger partial charge on any atom is 0.387 e. The molecular weight excluding hydrogens is 332 g/mol. The number of ether oxygens (including phenoxy) is 3. The number of halogens is 2. The highest BCUT2D eigenvalue weighted by molar-refractivity contribution is 6.13. The first-order valence-electron chi connectivity index (χ1n) is 7.28. The molecule has 128 valence electrons. The lowest BCUT2D eigenvalue weighted by atomic mass is 10.1. The van der Waals surface area contributed by atoms with E-state index in [1.165, 1.54) is 31.4 Å². The summed E-state index contributed by atoms with van der Waals surface area (Å²) in [6.45, 7) is -3.00. The average molecular weight is 345 g/mol. The van der Waals surface area contributed by atoms with Crippen LogP contribution < -0.4 is 9.47 Å². The van der Waals surface area contributed by atoms with Crippen molar-refractivity contribution in [1.82, 2.24) is 0 Å². The van der Waals surface area contributed by atoms with Gasteiger partial charge in [0.1, 0.15) is 11.5 Å². The van der Waals surface area contributed by atoms with Gasteiger partial charge in [-0.15, -0.1) is 0 Å². The minimum absolute atomic E-state index is 0.0337. The Morgan fingerprint density at radius 3 is 2.48 bits per heavy atom. The van der Waals surface area contributed by atoms with Crippen LogP contribution >= 0.6 is 0 Å². The number of aliphatic imine (C=N–C) groups is 1. The third-order valence-electron chi connectivity index (χ3n) is 3.39. The van der Waals surface area contributed by atoms with Crippen LogP contribution in [0.15, 0.2) is 59.2 Å². The van der Waals surface area contributed by atoms with Gasteiger partial charge in [-0.2, -0.15) is 8.78 Å². The number of hydrogen-bond acceptors (Lipinski definition) is 5. The highest BCUT2D eigenvalue weighted by Crippen LogP contribution is 2.28. The Balaban J connectivity index is 1.97. The van der Waals surface area contributed by atoms with Gasteiger partial charge in [-0.3, -0.25) is 0 Å². The lowest BCUT2D eigenvalue weighted by Gasteiger charge is -2.08. The summed E-state index contributed by atoms with van der Waals surface area (Å²) >= 11 is 0. The van der Waals surface area contributed by atoms with Gasteiger partial charge < -0.3 is 14.2 Å². The molecule has 0 spiro atoms. The molecule has 1 aliphatic heterocycles. The average Bonchev–Trinajstić information content (AvgIpc) is 2.96. The standard InChI is InChI=1S/C18H13F2NO4/c1-23-14-8-4-2-6-11(14)10-13-17(22)25-16(21-13)12-7-3-5-9-15(12)24-18(19)20/h2-10,18H,1H3. The molecule has 1 aliphatic rings. The fraction of sp³-hybridized carbons (Fsp3) is 0.111. The van der Waals surface area contributed by atoms with Crippen LogP contribution in [0, 0.1) is 0 Å². The number of rotatable bonds is 5. The van der Waals surface area contributed by atoms with Crippen LogP contribution in [0.4, 0.5) is 8.78 Å². The van der Waals surface area contributed by atoms with Crippen molar-refractivity contribution in [2.24, 2.45) is 4.99 Å². The lowest BCUT2D eigenvalue weighted by Crippen LogP contribution is -2.10. The number of carbonyl (C=O) groups excluding carboxylic acids is 1. The van der Waals surface area contributed by atoms with E-state index >= 15 is 0 Å². The summed E-state index contributed by atoms with van der Waals surface area (Å²) in [7, 11) is 1.51. The Hall–Kier alpha value is -3.22. The summed E-state index contributed by atoms with van der Waals surface area (Å²) in [4.78, 5) is 16.2. The first-order chi connectivity index (χ1) is 12.1. The molecule has 1 heterocycles. The summed E-state index contributed by atoms with van der Waals surface area (Å²) in [5.74, 6) is -0.342. The number of nitrogens with zero attached hydrogens (tertiary/aromatic N) is 1. The minimum atomic E-state index is -3.00. The van der Waals surface area contributed by atoms with E-state index in [1.807, 2.05) is 0 Å². The van der Waals surface area contributed by atoms with E-state index < -0.39 is 12.6 Å². The summed E-state index contributed by atoms with van der Waals surface area (Å²) in [5.41, 5.74) is 0.838. The minimum Gasteiger partial charge on any atom is -0.496 e. The highest BCUT2D eigenvalue weighted by atomic mass is 19.3. The number of alkyl halides is 2. The summed E-state index contributed by atoms with van der Waals surface area (Å²) < 4.78 is 39.8. The second kappa shape index (κ2) is 7.12. The van der Waals surface area contributed by atoms with Crippen molar-refractivity contribution in [1.29, 1.82) is 0 Å². The van der Waals surface area contributed by atoms with Crippen LogP contribution in [0.2, 0.25) is 0 Å². The van der Waals surface area contributed by atoms with E-state index in [0.717, 1.165) is 0 Å². The first kappa shape index (κ1) is 16.6. The van der Waals surface area contributed by atoms with Gasteiger partial charge in [0.05, 0.1) is 12.7 Å². The maximum absolute atomic E-state index is 12.5. The summed E-state index contributed by atoms with van der Waals surface area (Å²) in [6, 6.07) is 13.0. The molecule has 0 saturated heterocycles. The van der Waals surface area contributed by atoms with Crippen LogP contribution in [-0.4, -0.2) is 25.6 Å². The van der Waals surface area contributed by atoms with Gasteiger partial charge in [0.2, 0.25) is 5.90 Å². The second-order valence-corrected chi connectivity index (χ2v) is 4.95. The van der Waals surface area contributed by atoms with Gasteiger partial charge in [-0.1, -0.05) is 30.3 Å². The topological polar surface area (TPSA) is 57.1 Å². The molecule has 0 unspecified atom stereocenters. The predicted octanol–water partition coefficient (Wildman–Crippen LogP) is 3.64. The van der Waals surface area contributed by atoms with Crippen molar-refractivity contribution in [2.45, 2.75) is 6.61 Å². The largest absolute Gasteiger partial charge is 0.496 e. The van der Waals surface area contributed by atoms with Gasteiger partial charge in [0.15, 0.2) is 5.70 Å². The number of esters is 1. The zero-order chi connectivity index (χ0) is 17.8. The van der Waals surface area contributed by atoms with Crippen LogP contribution in [0.5, 0.6) is 11.5 Å². The Morgan fingerprint density at radius 2 is 1.76 bits per heavy atom. The Kier molecular flexibility index (Phi) is 4.74. The molecule has 2 aromatic carbocycles. The number of methoxy groups -OCH3 is 1. The van der Waals surface area contributed by atoms with Gasteiger partial charge >= 0.3 is 12.6 Å². The molecule has 0 N–H and O–H groups in total. The molecule has 5 nitrogen and oxygen atoms in total. The molecule has 3 rings (SSSR count). The van der Waals surface area contributed by atoms with E-state index in [4.69, 9.17) is 9.47 Å². The van der Waals surface area contributed by atoms with Crippen LogP contribution in [0.3, 0.4) is 0 Å². The molecule has 25 heavy (non-hydrogen) atoms. The van der Waals surface area contributed by atoms with Crippen LogP contribution in [-0.2, 0) is 9.53 Å². The maximum atomic E-state index is 12.5. The molecule has 0 saturated carbocycles. The zero-order valence-corrected chi connectivity index (χ0v) is 13.1. The number of hydrogen-bond donors (Lipinski definition) is 0. The Bertz CT molecular complexity index is 862. The number of para-hydroxylation sites is 2. The zero-order valence-electron chi connectivity index (χ0n) is 13.1. The van der Waals surface area contributed by atoms with Crippen LogP contribution in [0.1, 0.15) is 11.1 Å². The van der Waals surface area contributed by atoms with Crippen molar-refractivity contribution < 1.29 is 27.8 Å². The number of benzene rings is 2. The van der Waals surface area contributed by atoms with E-state index in [1.54, 1.807) is 30.3 Å². The molecule has 0 atom stereocenters. The van der Waals surface area contributed by atoms with E-state index in [2.05, 4.69) is 9.73 Å². The van der Waals surface area contributed by atoms with E-state index in [9.17, 15) is 13.6 Å². The Morgan fingerprint density at radius 1 is 1.08 bits per heavy atom. The molecule has 0 aromatic heterocycles. The normalized spacial score (nSPS) is 15.3. The molecule has 0 aliphatic carbocycles.